The third-order valence-corrected chi connectivity index (χ3v) is 7.22. The Balaban J connectivity index is 1.58. The number of nitrogens with zero attached hydrogens (tertiary/aromatic N) is 2. The van der Waals surface area contributed by atoms with Gasteiger partial charge in [-0.1, -0.05) is 35.3 Å². The van der Waals surface area contributed by atoms with Gasteiger partial charge >= 0.3 is 0 Å². The highest BCUT2D eigenvalue weighted by Gasteiger charge is 2.26. The molecule has 0 aliphatic carbocycles. The molecular weight excluding hydrogens is 498 g/mol. The minimum Gasteiger partial charge on any atom is -0.459 e. The van der Waals surface area contributed by atoms with E-state index in [0.29, 0.717) is 27.3 Å². The Kier molecular flexibility index (Phi) is 7.48. The summed E-state index contributed by atoms with van der Waals surface area (Å²) < 4.78 is 47.0. The largest absolute Gasteiger partial charge is 0.459 e. The molecule has 5 nitrogen and oxygen atoms in total. The first kappa shape index (κ1) is 24.2. The van der Waals surface area contributed by atoms with Crippen LogP contribution in [0.25, 0.3) is 0 Å². The van der Waals surface area contributed by atoms with Gasteiger partial charge in [-0.15, -0.1) is 0 Å². The van der Waals surface area contributed by atoms with Crippen LogP contribution in [0.3, 0.4) is 0 Å². The fourth-order valence-electron chi connectivity index (χ4n) is 3.16. The fraction of sp³-hybridized carbons (Fsp3) is 0.0800. The summed E-state index contributed by atoms with van der Waals surface area (Å²) in [7, 11) is -3.86. The second-order valence-corrected chi connectivity index (χ2v) is 10.2. The maximum absolute atomic E-state index is 13.4. The average Bonchev–Trinajstić information content (AvgIpc) is 3.27. The van der Waals surface area contributed by atoms with Crippen LogP contribution in [-0.2, 0) is 23.1 Å². The standard InChI is InChI=1S/C25H19Cl2FN2O3S/c26-19-3-1-18(2-4-19)16-30(34(31,32)25-13-5-20(27)6-14-25)17-24-12-11-23(33-24)15-29-22-9-7-21(28)8-10-22/h1-15H,16-17H2. The molecule has 0 aliphatic rings. The van der Waals surface area contributed by atoms with E-state index in [2.05, 4.69) is 4.99 Å². The topological polar surface area (TPSA) is 62.9 Å². The Morgan fingerprint density at radius 3 is 2.09 bits per heavy atom. The van der Waals surface area contributed by atoms with E-state index in [-0.39, 0.29) is 23.8 Å². The minimum absolute atomic E-state index is 0.00201. The average molecular weight is 517 g/mol. The van der Waals surface area contributed by atoms with E-state index in [1.165, 1.54) is 46.9 Å². The van der Waals surface area contributed by atoms with E-state index in [9.17, 15) is 12.8 Å². The van der Waals surface area contributed by atoms with Crippen molar-refractivity contribution in [3.8, 4) is 0 Å². The van der Waals surface area contributed by atoms with Crippen LogP contribution in [0, 0.1) is 5.82 Å². The molecule has 0 unspecified atom stereocenters. The van der Waals surface area contributed by atoms with E-state index in [1.807, 2.05) is 0 Å². The van der Waals surface area contributed by atoms with Gasteiger partial charge < -0.3 is 4.42 Å². The van der Waals surface area contributed by atoms with E-state index < -0.39 is 10.0 Å². The maximum atomic E-state index is 13.4. The first-order valence-corrected chi connectivity index (χ1v) is 12.4. The van der Waals surface area contributed by atoms with Gasteiger partial charge in [0.25, 0.3) is 0 Å². The molecule has 0 saturated carbocycles. The summed E-state index contributed by atoms with van der Waals surface area (Å²) >= 11 is 11.9. The van der Waals surface area contributed by atoms with Crippen LogP contribution in [0.1, 0.15) is 17.1 Å². The molecule has 0 amide bonds. The molecule has 34 heavy (non-hydrogen) atoms. The van der Waals surface area contributed by atoms with Crippen molar-refractivity contribution in [3.05, 3.63) is 118 Å². The SMILES string of the molecule is O=S(=O)(c1ccc(Cl)cc1)N(Cc1ccc(Cl)cc1)Cc1ccc(C=Nc2ccc(F)cc2)o1. The number of hydrogen-bond donors (Lipinski definition) is 0. The quantitative estimate of drug-likeness (QED) is 0.240. The smallest absolute Gasteiger partial charge is 0.243 e. The molecule has 1 aromatic heterocycles. The van der Waals surface area contributed by atoms with Crippen molar-refractivity contribution in [1.29, 1.82) is 0 Å². The lowest BCUT2D eigenvalue weighted by Gasteiger charge is -2.21. The van der Waals surface area contributed by atoms with Crippen LogP contribution in [0.2, 0.25) is 10.0 Å². The number of aliphatic imine (C=N–C) groups is 1. The number of sulfonamides is 1. The van der Waals surface area contributed by atoms with Gasteiger partial charge in [0.2, 0.25) is 10.0 Å². The Bertz CT molecular complexity index is 1390. The lowest BCUT2D eigenvalue weighted by Crippen LogP contribution is -2.30. The molecule has 4 rings (SSSR count). The van der Waals surface area contributed by atoms with Gasteiger partial charge in [0.05, 0.1) is 23.3 Å². The molecule has 0 bridgehead atoms. The molecule has 4 aromatic rings. The summed E-state index contributed by atoms with van der Waals surface area (Å²) in [4.78, 5) is 4.37. The van der Waals surface area contributed by atoms with E-state index in [4.69, 9.17) is 27.6 Å². The first-order valence-electron chi connectivity index (χ1n) is 10.2. The third-order valence-electron chi connectivity index (χ3n) is 4.91. The summed E-state index contributed by atoms with van der Waals surface area (Å²) in [6.07, 6.45) is 1.49. The normalized spacial score (nSPS) is 12.0. The molecule has 0 aliphatic heterocycles. The molecule has 0 fully saturated rings. The van der Waals surface area contributed by atoms with Crippen molar-refractivity contribution < 1.29 is 17.2 Å². The monoisotopic (exact) mass is 516 g/mol. The molecule has 1 heterocycles. The molecule has 9 heteroatoms. The van der Waals surface area contributed by atoms with Gasteiger partial charge in [0, 0.05) is 16.6 Å². The highest BCUT2D eigenvalue weighted by atomic mass is 35.5. The van der Waals surface area contributed by atoms with Crippen LogP contribution in [-0.4, -0.2) is 18.9 Å². The molecular formula is C25H19Cl2FN2O3S. The summed E-state index contributed by atoms with van der Waals surface area (Å²) in [5.41, 5.74) is 1.33. The van der Waals surface area contributed by atoms with Crippen LogP contribution in [0.15, 0.2) is 99.2 Å². The lowest BCUT2D eigenvalue weighted by atomic mass is 10.2. The van der Waals surface area contributed by atoms with Gasteiger partial charge in [-0.2, -0.15) is 4.31 Å². The van der Waals surface area contributed by atoms with Crippen molar-refractivity contribution in [1.82, 2.24) is 4.31 Å². The Morgan fingerprint density at radius 1 is 0.824 bits per heavy atom. The third kappa shape index (κ3) is 6.12. The highest BCUT2D eigenvalue weighted by Crippen LogP contribution is 2.24. The molecule has 0 spiro atoms. The predicted molar refractivity (Wildman–Crippen MR) is 132 cm³/mol. The number of rotatable bonds is 8. The van der Waals surface area contributed by atoms with Crippen LogP contribution in [0.5, 0.6) is 0 Å². The summed E-state index contributed by atoms with van der Waals surface area (Å²) in [5.74, 6) is 0.531. The van der Waals surface area contributed by atoms with E-state index in [0.717, 1.165) is 5.56 Å². The Hall–Kier alpha value is -2.97. The summed E-state index contributed by atoms with van der Waals surface area (Å²) in [6.45, 7) is 0.111. The zero-order valence-electron chi connectivity index (χ0n) is 17.7. The van der Waals surface area contributed by atoms with Crippen molar-refractivity contribution in [3.63, 3.8) is 0 Å². The fourth-order valence-corrected chi connectivity index (χ4v) is 4.81. The predicted octanol–water partition coefficient (Wildman–Crippen LogP) is 6.87. The number of hydrogen-bond acceptors (Lipinski definition) is 4. The van der Waals surface area contributed by atoms with E-state index in [1.54, 1.807) is 48.5 Å². The van der Waals surface area contributed by atoms with Crippen LogP contribution >= 0.6 is 23.2 Å². The molecule has 0 radical (unpaired) electrons. The molecule has 0 saturated heterocycles. The number of halogens is 3. The summed E-state index contributed by atoms with van der Waals surface area (Å²) in [5, 5.41) is 1.01. The molecule has 3 aromatic carbocycles. The molecule has 174 valence electrons. The van der Waals surface area contributed by atoms with E-state index >= 15 is 0 Å². The zero-order chi connectivity index (χ0) is 24.1. The Morgan fingerprint density at radius 2 is 1.44 bits per heavy atom. The summed E-state index contributed by atoms with van der Waals surface area (Å²) in [6, 6.07) is 22.1. The van der Waals surface area contributed by atoms with Gasteiger partial charge in [-0.25, -0.2) is 12.8 Å². The van der Waals surface area contributed by atoms with Crippen LogP contribution < -0.4 is 0 Å². The second-order valence-electron chi connectivity index (χ2n) is 7.39. The van der Waals surface area contributed by atoms with Gasteiger partial charge in [-0.05, 0) is 78.4 Å². The number of benzene rings is 3. The zero-order valence-corrected chi connectivity index (χ0v) is 20.1. The maximum Gasteiger partial charge on any atom is 0.243 e. The number of furan rings is 1. The second kappa shape index (κ2) is 10.5. The van der Waals surface area contributed by atoms with Crippen molar-refractivity contribution in [2.24, 2.45) is 4.99 Å². The van der Waals surface area contributed by atoms with Gasteiger partial charge in [0.1, 0.15) is 17.3 Å². The first-order chi connectivity index (χ1) is 16.3. The highest BCUT2D eigenvalue weighted by molar-refractivity contribution is 7.89. The lowest BCUT2D eigenvalue weighted by molar-refractivity contribution is 0.357. The van der Waals surface area contributed by atoms with Crippen LogP contribution in [0.4, 0.5) is 10.1 Å². The van der Waals surface area contributed by atoms with Crippen molar-refractivity contribution >= 4 is 45.1 Å². The van der Waals surface area contributed by atoms with Crippen molar-refractivity contribution in [2.75, 3.05) is 0 Å². The van der Waals surface area contributed by atoms with Crippen molar-refractivity contribution in [2.45, 2.75) is 18.0 Å². The molecule has 0 atom stereocenters. The molecule has 0 N–H and O–H groups in total. The minimum atomic E-state index is -3.86. The van der Waals surface area contributed by atoms with Gasteiger partial charge in [0.15, 0.2) is 0 Å². The Labute approximate surface area is 207 Å². The van der Waals surface area contributed by atoms with Gasteiger partial charge in [-0.3, -0.25) is 4.99 Å².